The fourth-order valence-electron chi connectivity index (χ4n) is 2.83. The van der Waals surface area contributed by atoms with E-state index in [0.717, 1.165) is 24.3 Å². The maximum Gasteiger partial charge on any atom is 0.274 e. The van der Waals surface area contributed by atoms with Crippen molar-refractivity contribution >= 4 is 17.5 Å². The maximum absolute atomic E-state index is 13.1. The van der Waals surface area contributed by atoms with Crippen molar-refractivity contribution in [1.82, 2.24) is 19.6 Å². The molecule has 0 spiro atoms. The van der Waals surface area contributed by atoms with Gasteiger partial charge >= 0.3 is 0 Å². The Morgan fingerprint density at radius 3 is 2.54 bits per heavy atom. The zero-order valence-electron chi connectivity index (χ0n) is 13.8. The third-order valence-electron chi connectivity index (χ3n) is 4.40. The Kier molecular flexibility index (Phi) is 4.87. The number of amides is 1. The molecule has 0 N–H and O–H groups in total. The van der Waals surface area contributed by atoms with Gasteiger partial charge in [-0.05, 0) is 30.7 Å². The third-order valence-corrected chi connectivity index (χ3v) is 4.75. The molecular formula is C17H20ClFN4O. The first-order chi connectivity index (χ1) is 11.4. The predicted molar refractivity (Wildman–Crippen MR) is 90.5 cm³/mol. The molecule has 3 rings (SSSR count). The van der Waals surface area contributed by atoms with Crippen LogP contribution in [-0.4, -0.2) is 51.7 Å². The van der Waals surface area contributed by atoms with E-state index in [0.29, 0.717) is 30.4 Å². The zero-order valence-corrected chi connectivity index (χ0v) is 14.6. The molecule has 2 heterocycles. The first-order valence-corrected chi connectivity index (χ1v) is 8.28. The highest BCUT2D eigenvalue weighted by molar-refractivity contribution is 6.31. The minimum Gasteiger partial charge on any atom is -0.335 e. The molecule has 7 heteroatoms. The van der Waals surface area contributed by atoms with Gasteiger partial charge in [-0.3, -0.25) is 14.4 Å². The van der Waals surface area contributed by atoms with Gasteiger partial charge in [0.2, 0.25) is 0 Å². The molecule has 0 atom stereocenters. The number of aromatic nitrogens is 2. The molecule has 0 saturated carbocycles. The van der Waals surface area contributed by atoms with Crippen LogP contribution in [0.2, 0.25) is 5.02 Å². The van der Waals surface area contributed by atoms with Crippen molar-refractivity contribution in [1.29, 1.82) is 0 Å². The van der Waals surface area contributed by atoms with Crippen LogP contribution < -0.4 is 0 Å². The van der Waals surface area contributed by atoms with Gasteiger partial charge in [0.25, 0.3) is 5.91 Å². The molecule has 5 nitrogen and oxygen atoms in total. The van der Waals surface area contributed by atoms with Crippen molar-refractivity contribution in [2.75, 3.05) is 26.2 Å². The standard InChI is InChI=1S/C17H20ClFN4O/c1-12-9-16(20-21(12)2)17(24)23-7-5-22(6-8-23)11-13-3-4-14(19)10-15(13)18/h3-4,9-10H,5-8,11H2,1-2H3. The molecule has 1 fully saturated rings. The minimum atomic E-state index is -0.329. The fourth-order valence-corrected chi connectivity index (χ4v) is 3.05. The summed E-state index contributed by atoms with van der Waals surface area (Å²) in [7, 11) is 1.83. The number of piperazine rings is 1. The summed E-state index contributed by atoms with van der Waals surface area (Å²) >= 11 is 6.08. The van der Waals surface area contributed by atoms with E-state index in [1.54, 1.807) is 10.7 Å². The normalized spacial score (nSPS) is 15.8. The van der Waals surface area contributed by atoms with Gasteiger partial charge in [-0.15, -0.1) is 0 Å². The van der Waals surface area contributed by atoms with Crippen LogP contribution in [0.1, 0.15) is 21.7 Å². The molecule has 24 heavy (non-hydrogen) atoms. The molecular weight excluding hydrogens is 331 g/mol. The number of hydrogen-bond acceptors (Lipinski definition) is 3. The number of carbonyl (C=O) groups excluding carboxylic acids is 1. The lowest BCUT2D eigenvalue weighted by Crippen LogP contribution is -2.48. The largest absolute Gasteiger partial charge is 0.335 e. The second-order valence-corrected chi connectivity index (χ2v) is 6.51. The lowest BCUT2D eigenvalue weighted by molar-refractivity contribution is 0.0622. The summed E-state index contributed by atoms with van der Waals surface area (Å²) in [6.07, 6.45) is 0. The van der Waals surface area contributed by atoms with Gasteiger partial charge in [0.05, 0.1) is 0 Å². The summed E-state index contributed by atoms with van der Waals surface area (Å²) in [5, 5.41) is 4.69. The first kappa shape index (κ1) is 16.9. The fraction of sp³-hybridized carbons (Fsp3) is 0.412. The monoisotopic (exact) mass is 350 g/mol. The average molecular weight is 351 g/mol. The molecule has 1 aliphatic rings. The summed E-state index contributed by atoms with van der Waals surface area (Å²) in [6, 6.07) is 6.28. The van der Waals surface area contributed by atoms with Crippen LogP contribution in [0.4, 0.5) is 4.39 Å². The topological polar surface area (TPSA) is 41.4 Å². The van der Waals surface area contributed by atoms with Gasteiger partial charge in [0, 0.05) is 50.5 Å². The van der Waals surface area contributed by atoms with Crippen molar-refractivity contribution < 1.29 is 9.18 Å². The highest BCUT2D eigenvalue weighted by Gasteiger charge is 2.24. The third kappa shape index (κ3) is 3.60. The van der Waals surface area contributed by atoms with Crippen molar-refractivity contribution in [3.63, 3.8) is 0 Å². The molecule has 2 aromatic rings. The SMILES string of the molecule is Cc1cc(C(=O)N2CCN(Cc3ccc(F)cc3Cl)CC2)nn1C. The average Bonchev–Trinajstić information content (AvgIpc) is 2.89. The van der Waals surface area contributed by atoms with Crippen molar-refractivity contribution in [3.8, 4) is 0 Å². The first-order valence-electron chi connectivity index (χ1n) is 7.90. The molecule has 0 radical (unpaired) electrons. The van der Waals surface area contributed by atoms with E-state index < -0.39 is 0 Å². The van der Waals surface area contributed by atoms with Crippen molar-refractivity contribution in [2.45, 2.75) is 13.5 Å². The molecule has 0 aliphatic carbocycles. The summed E-state index contributed by atoms with van der Waals surface area (Å²) in [6.45, 7) is 5.38. The summed E-state index contributed by atoms with van der Waals surface area (Å²) < 4.78 is 14.8. The molecule has 1 aromatic heterocycles. The number of benzene rings is 1. The van der Waals surface area contributed by atoms with E-state index in [2.05, 4.69) is 10.00 Å². The van der Waals surface area contributed by atoms with E-state index in [9.17, 15) is 9.18 Å². The van der Waals surface area contributed by atoms with Crippen LogP contribution >= 0.6 is 11.6 Å². The molecule has 128 valence electrons. The minimum absolute atomic E-state index is 0.0295. The van der Waals surface area contributed by atoms with Gasteiger partial charge in [-0.2, -0.15) is 5.10 Å². The number of nitrogens with zero attached hydrogens (tertiary/aromatic N) is 4. The second-order valence-electron chi connectivity index (χ2n) is 6.10. The molecule has 1 aromatic carbocycles. The Balaban J connectivity index is 1.58. The van der Waals surface area contributed by atoms with Crippen LogP contribution in [0, 0.1) is 12.7 Å². The smallest absolute Gasteiger partial charge is 0.274 e. The Labute approximate surface area is 145 Å². The van der Waals surface area contributed by atoms with Crippen LogP contribution in [0.25, 0.3) is 0 Å². The maximum atomic E-state index is 13.1. The van der Waals surface area contributed by atoms with E-state index in [-0.39, 0.29) is 11.7 Å². The summed E-state index contributed by atoms with van der Waals surface area (Å²) in [5.41, 5.74) is 2.35. The number of halogens is 2. The van der Waals surface area contributed by atoms with Crippen molar-refractivity contribution in [3.05, 3.63) is 52.1 Å². The Morgan fingerprint density at radius 1 is 1.25 bits per heavy atom. The van der Waals surface area contributed by atoms with Crippen LogP contribution in [-0.2, 0) is 13.6 Å². The van der Waals surface area contributed by atoms with E-state index in [1.807, 2.05) is 24.9 Å². The van der Waals surface area contributed by atoms with E-state index in [4.69, 9.17) is 11.6 Å². The predicted octanol–water partition coefficient (Wildman–Crippen LogP) is 2.48. The second kappa shape index (κ2) is 6.91. The lowest BCUT2D eigenvalue weighted by Gasteiger charge is -2.34. The van der Waals surface area contributed by atoms with Gasteiger partial charge in [-0.1, -0.05) is 17.7 Å². The number of rotatable bonds is 3. The summed E-state index contributed by atoms with van der Waals surface area (Å²) in [4.78, 5) is 16.5. The van der Waals surface area contributed by atoms with E-state index in [1.165, 1.54) is 12.1 Å². The van der Waals surface area contributed by atoms with Gasteiger partial charge in [-0.25, -0.2) is 4.39 Å². The molecule has 0 bridgehead atoms. The van der Waals surface area contributed by atoms with Crippen LogP contribution in [0.3, 0.4) is 0 Å². The Hall–Kier alpha value is -1.92. The molecule has 1 amide bonds. The van der Waals surface area contributed by atoms with Gasteiger partial charge < -0.3 is 4.90 Å². The number of carbonyl (C=O) groups is 1. The molecule has 0 unspecified atom stereocenters. The highest BCUT2D eigenvalue weighted by atomic mass is 35.5. The van der Waals surface area contributed by atoms with Crippen molar-refractivity contribution in [2.24, 2.45) is 7.05 Å². The van der Waals surface area contributed by atoms with Crippen LogP contribution in [0.15, 0.2) is 24.3 Å². The van der Waals surface area contributed by atoms with Gasteiger partial charge in [0.15, 0.2) is 5.69 Å². The lowest BCUT2D eigenvalue weighted by atomic mass is 10.2. The number of aryl methyl sites for hydroxylation is 2. The summed E-state index contributed by atoms with van der Waals surface area (Å²) in [5.74, 6) is -0.358. The number of hydrogen-bond donors (Lipinski definition) is 0. The van der Waals surface area contributed by atoms with Crippen LogP contribution in [0.5, 0.6) is 0 Å². The highest BCUT2D eigenvalue weighted by Crippen LogP contribution is 2.20. The van der Waals surface area contributed by atoms with E-state index >= 15 is 0 Å². The molecule has 1 aliphatic heterocycles. The Bertz CT molecular complexity index is 734. The quantitative estimate of drug-likeness (QED) is 0.854. The molecule has 1 saturated heterocycles. The van der Waals surface area contributed by atoms with Gasteiger partial charge in [0.1, 0.15) is 5.82 Å². The zero-order chi connectivity index (χ0) is 17.3. The Morgan fingerprint density at radius 2 is 1.96 bits per heavy atom.